The minimum Gasteiger partial charge on any atom is -0.458 e. The second-order valence-corrected chi connectivity index (χ2v) is 17.8. The second kappa shape index (κ2) is 11.5. The maximum absolute atomic E-state index is 8.83. The summed E-state index contributed by atoms with van der Waals surface area (Å²) in [7, 11) is 0. The first-order valence-electron chi connectivity index (χ1n) is 19.2. The third-order valence-electron chi connectivity index (χ3n) is 11.0. The number of fused-ring (bicyclic) bond motifs is 7. The zero-order valence-corrected chi connectivity index (χ0v) is 32.1. The topological polar surface area (TPSA) is 34.8 Å². The zero-order valence-electron chi connectivity index (χ0n) is 33.1. The molecule has 0 N–H and O–H groups in total. The molecule has 2 aliphatic rings. The van der Waals surface area contributed by atoms with Crippen LogP contribution in [0.3, 0.4) is 0 Å². The smallest absolute Gasteiger partial charge is 0.260 e. The van der Waals surface area contributed by atoms with Crippen LogP contribution < -0.4 is 30.8 Å². The van der Waals surface area contributed by atoms with Gasteiger partial charge in [0.2, 0.25) is 0 Å². The molecule has 0 unspecified atom stereocenters. The average Bonchev–Trinajstić information content (AvgIpc) is 3.48. The Balaban J connectivity index is 1.40. The molecule has 1 aromatic heterocycles. The minimum absolute atomic E-state index is 0.00149. The standard InChI is InChI=1S/C48H46BNO3/c1-46(2,3)29-17-22-32(23-18-29)50(33-24-19-30(20-25-33)47(4,5)6)44-42-34-13-10-11-14-37(34)51-41(42)28-36-45(44)53-40-16-12-15-39-43(40)49(36)35-27-31(48(7,8)9)21-26-38(35)52-39/h10-28H,1-9H3/i12D. The molecule has 264 valence electrons. The molecule has 0 saturated carbocycles. The van der Waals surface area contributed by atoms with Crippen LogP contribution in [-0.4, -0.2) is 6.71 Å². The Hall–Kier alpha value is -5.42. The first-order chi connectivity index (χ1) is 25.6. The lowest BCUT2D eigenvalue weighted by atomic mass is 9.34. The molecule has 0 saturated heterocycles. The van der Waals surface area contributed by atoms with E-state index in [-0.39, 0.29) is 23.0 Å². The summed E-state index contributed by atoms with van der Waals surface area (Å²) in [5.74, 6) is 2.84. The van der Waals surface area contributed by atoms with E-state index in [1.807, 2.05) is 18.2 Å². The Bertz CT molecular complexity index is 2560. The van der Waals surface area contributed by atoms with Gasteiger partial charge in [-0.2, -0.15) is 0 Å². The summed E-state index contributed by atoms with van der Waals surface area (Å²) in [4.78, 5) is 2.34. The van der Waals surface area contributed by atoms with Crippen molar-refractivity contribution in [1.29, 1.82) is 0 Å². The number of anilines is 3. The van der Waals surface area contributed by atoms with Gasteiger partial charge in [-0.25, -0.2) is 0 Å². The molecule has 5 heteroatoms. The molecule has 0 bridgehead atoms. The molecule has 0 spiro atoms. The van der Waals surface area contributed by atoms with E-state index in [9.17, 15) is 0 Å². The minimum atomic E-state index is -0.213. The molecule has 9 rings (SSSR count). The van der Waals surface area contributed by atoms with E-state index in [1.165, 1.54) is 16.7 Å². The summed E-state index contributed by atoms with van der Waals surface area (Å²) in [6.45, 7) is 20.0. The van der Waals surface area contributed by atoms with E-state index in [4.69, 9.17) is 15.3 Å². The van der Waals surface area contributed by atoms with Crippen molar-refractivity contribution < 1.29 is 15.3 Å². The molecule has 0 aliphatic carbocycles. The third-order valence-corrected chi connectivity index (χ3v) is 11.0. The molecule has 0 atom stereocenters. The van der Waals surface area contributed by atoms with Crippen molar-refractivity contribution in [3.8, 4) is 23.0 Å². The van der Waals surface area contributed by atoms with Gasteiger partial charge in [0, 0.05) is 22.2 Å². The van der Waals surface area contributed by atoms with Gasteiger partial charge in [0.05, 0.1) is 6.76 Å². The number of furan rings is 1. The van der Waals surface area contributed by atoms with Crippen molar-refractivity contribution in [2.24, 2.45) is 0 Å². The van der Waals surface area contributed by atoms with E-state index < -0.39 is 0 Å². The Morgan fingerprint density at radius 1 is 0.547 bits per heavy atom. The van der Waals surface area contributed by atoms with Crippen LogP contribution in [0.1, 0.15) is 80.4 Å². The first kappa shape index (κ1) is 32.3. The van der Waals surface area contributed by atoms with E-state index in [2.05, 4.69) is 152 Å². The molecule has 3 heterocycles. The number of hydrogen-bond donors (Lipinski definition) is 0. The van der Waals surface area contributed by atoms with E-state index in [0.717, 1.165) is 66.9 Å². The second-order valence-electron chi connectivity index (χ2n) is 17.8. The van der Waals surface area contributed by atoms with Crippen molar-refractivity contribution in [3.63, 3.8) is 0 Å². The van der Waals surface area contributed by atoms with Crippen LogP contribution in [0, 0.1) is 0 Å². The van der Waals surface area contributed by atoms with Gasteiger partial charge in [-0.1, -0.05) is 123 Å². The van der Waals surface area contributed by atoms with Gasteiger partial charge in [0.1, 0.15) is 39.9 Å². The van der Waals surface area contributed by atoms with Crippen LogP contribution in [0.25, 0.3) is 21.9 Å². The summed E-state index contributed by atoms with van der Waals surface area (Å²) in [5, 5.41) is 1.99. The van der Waals surface area contributed by atoms with Gasteiger partial charge >= 0.3 is 0 Å². The molecular formula is C48H46BNO3. The monoisotopic (exact) mass is 696 g/mol. The van der Waals surface area contributed by atoms with E-state index >= 15 is 0 Å². The Kier molecular flexibility index (Phi) is 7.02. The SMILES string of the molecule is [2H]c1cc2c3c(c1)Oc1c(cc4oc5ccccc5c4c1N(c1ccc(C(C)(C)C)cc1)c1ccc(C(C)(C)C)cc1)B3c1cc(C(C)(C)C)ccc1O2. The fourth-order valence-electron chi connectivity index (χ4n) is 7.99. The van der Waals surface area contributed by atoms with E-state index in [0.29, 0.717) is 17.5 Å². The number of hydrogen-bond acceptors (Lipinski definition) is 4. The van der Waals surface area contributed by atoms with Crippen LogP contribution >= 0.6 is 0 Å². The highest BCUT2D eigenvalue weighted by Crippen LogP contribution is 2.50. The molecule has 0 amide bonds. The van der Waals surface area contributed by atoms with Crippen LogP contribution in [0.15, 0.2) is 120 Å². The highest BCUT2D eigenvalue weighted by atomic mass is 16.5. The number of ether oxygens (including phenoxy) is 2. The fourth-order valence-corrected chi connectivity index (χ4v) is 7.99. The van der Waals surface area contributed by atoms with E-state index in [1.54, 1.807) is 6.07 Å². The van der Waals surface area contributed by atoms with Crippen molar-refractivity contribution >= 4 is 62.1 Å². The highest BCUT2D eigenvalue weighted by Gasteiger charge is 2.43. The first-order valence-corrected chi connectivity index (χ1v) is 18.7. The van der Waals surface area contributed by atoms with Crippen LogP contribution in [0.2, 0.25) is 0 Å². The lowest BCUT2D eigenvalue weighted by Gasteiger charge is -2.36. The third kappa shape index (κ3) is 5.43. The summed E-state index contributed by atoms with van der Waals surface area (Å²) in [6.07, 6.45) is 0. The van der Waals surface area contributed by atoms with Gasteiger partial charge in [-0.3, -0.25) is 0 Å². The lowest BCUT2D eigenvalue weighted by molar-refractivity contribution is 0.464. The normalized spacial score (nSPS) is 13.9. The van der Waals surface area contributed by atoms with Crippen molar-refractivity contribution in [2.45, 2.75) is 78.6 Å². The zero-order chi connectivity index (χ0) is 37.9. The molecular weight excluding hydrogens is 649 g/mol. The largest absolute Gasteiger partial charge is 0.458 e. The Labute approximate surface area is 314 Å². The van der Waals surface area contributed by atoms with Gasteiger partial charge in [-0.05, 0) is 98.5 Å². The molecule has 53 heavy (non-hydrogen) atoms. The number of nitrogens with zero attached hydrogens (tertiary/aromatic N) is 1. The maximum Gasteiger partial charge on any atom is 0.260 e. The molecule has 0 radical (unpaired) electrons. The Morgan fingerprint density at radius 3 is 1.72 bits per heavy atom. The Morgan fingerprint density at radius 2 is 1.11 bits per heavy atom. The average molecular weight is 697 g/mol. The van der Waals surface area contributed by atoms with Crippen LogP contribution in [-0.2, 0) is 16.2 Å². The van der Waals surface area contributed by atoms with Gasteiger partial charge in [0.15, 0.2) is 0 Å². The molecule has 4 nitrogen and oxygen atoms in total. The number of para-hydroxylation sites is 1. The molecule has 6 aromatic carbocycles. The quantitative estimate of drug-likeness (QED) is 0.172. The van der Waals surface area contributed by atoms with Crippen LogP contribution in [0.4, 0.5) is 17.1 Å². The van der Waals surface area contributed by atoms with Gasteiger partial charge in [-0.15, -0.1) is 0 Å². The highest BCUT2D eigenvalue weighted by molar-refractivity contribution is 6.98. The molecule has 2 aliphatic heterocycles. The van der Waals surface area contributed by atoms with Crippen molar-refractivity contribution in [2.75, 3.05) is 4.90 Å². The number of benzene rings is 6. The summed E-state index contributed by atoms with van der Waals surface area (Å²) in [5.41, 5.74) is 11.2. The van der Waals surface area contributed by atoms with Crippen LogP contribution in [0.5, 0.6) is 23.0 Å². The predicted molar refractivity (Wildman–Crippen MR) is 222 cm³/mol. The van der Waals surface area contributed by atoms with Crippen molar-refractivity contribution in [1.82, 2.24) is 0 Å². The van der Waals surface area contributed by atoms with Gasteiger partial charge in [0.25, 0.3) is 6.71 Å². The number of rotatable bonds is 3. The van der Waals surface area contributed by atoms with Gasteiger partial charge < -0.3 is 18.8 Å². The fraction of sp³-hybridized carbons (Fsp3) is 0.250. The summed E-state index contributed by atoms with van der Waals surface area (Å²) < 4.78 is 29.4. The lowest BCUT2D eigenvalue weighted by Crippen LogP contribution is -2.57. The molecule has 7 aromatic rings. The van der Waals surface area contributed by atoms with Crippen molar-refractivity contribution in [3.05, 3.63) is 132 Å². The summed E-state index contributed by atoms with van der Waals surface area (Å²) in [6, 6.07) is 38.8. The maximum atomic E-state index is 8.83. The summed E-state index contributed by atoms with van der Waals surface area (Å²) >= 11 is 0. The molecule has 0 fully saturated rings. The predicted octanol–water partition coefficient (Wildman–Crippen LogP) is 11.7.